The lowest BCUT2D eigenvalue weighted by Gasteiger charge is -2.42. The third-order valence-corrected chi connectivity index (χ3v) is 3.97. The fraction of sp³-hybridized carbons (Fsp3) is 0.846. The van der Waals surface area contributed by atoms with Crippen LogP contribution >= 0.6 is 0 Å². The van der Waals surface area contributed by atoms with Crippen molar-refractivity contribution in [1.82, 2.24) is 15.1 Å². The molecule has 2 rings (SSSR count). The minimum absolute atomic E-state index is 0.0386. The second-order valence-corrected chi connectivity index (χ2v) is 5.44. The Bertz CT molecular complexity index is 330. The number of hydrogen-bond acceptors (Lipinski definition) is 3. The molecule has 0 aromatic rings. The van der Waals surface area contributed by atoms with Crippen LogP contribution in [0.2, 0.25) is 0 Å². The van der Waals surface area contributed by atoms with E-state index < -0.39 is 0 Å². The van der Waals surface area contributed by atoms with Crippen molar-refractivity contribution in [1.29, 1.82) is 0 Å². The summed E-state index contributed by atoms with van der Waals surface area (Å²) < 4.78 is 0. The van der Waals surface area contributed by atoms with Crippen LogP contribution in [0.5, 0.6) is 0 Å². The maximum atomic E-state index is 12.2. The minimum atomic E-state index is -0.0386. The fourth-order valence-electron chi connectivity index (χ4n) is 2.97. The van der Waals surface area contributed by atoms with Gasteiger partial charge in [0, 0.05) is 33.6 Å². The van der Waals surface area contributed by atoms with Gasteiger partial charge in [-0.2, -0.15) is 0 Å². The maximum Gasteiger partial charge on any atom is 0.227 e. The van der Waals surface area contributed by atoms with E-state index in [1.165, 1.54) is 0 Å². The molecular weight excluding hydrogens is 230 g/mol. The molecule has 0 saturated carbocycles. The molecule has 2 heterocycles. The van der Waals surface area contributed by atoms with Crippen molar-refractivity contribution in [3.63, 3.8) is 0 Å². The molecule has 0 spiro atoms. The summed E-state index contributed by atoms with van der Waals surface area (Å²) in [5.41, 5.74) is 0. The van der Waals surface area contributed by atoms with Crippen molar-refractivity contribution in [3.8, 4) is 0 Å². The second-order valence-electron chi connectivity index (χ2n) is 5.44. The molecule has 2 aliphatic rings. The van der Waals surface area contributed by atoms with Gasteiger partial charge in [-0.3, -0.25) is 9.59 Å². The average Bonchev–Trinajstić information content (AvgIpc) is 2.38. The number of carbonyl (C=O) groups is 2. The first-order valence-electron chi connectivity index (χ1n) is 6.82. The number of nitrogens with zero attached hydrogens (tertiary/aromatic N) is 2. The van der Waals surface area contributed by atoms with Gasteiger partial charge in [0.25, 0.3) is 0 Å². The molecule has 0 aromatic heterocycles. The van der Waals surface area contributed by atoms with Crippen molar-refractivity contribution in [2.45, 2.75) is 31.7 Å². The SMILES string of the molecule is CN(C)C(=O)C1CCNCC1N1CCCCC1=O. The maximum absolute atomic E-state index is 12.2. The van der Waals surface area contributed by atoms with Crippen LogP contribution in [0.15, 0.2) is 0 Å². The Kier molecular flexibility index (Phi) is 4.22. The second kappa shape index (κ2) is 5.69. The van der Waals surface area contributed by atoms with Crippen molar-refractivity contribution < 1.29 is 9.59 Å². The first kappa shape index (κ1) is 13.3. The van der Waals surface area contributed by atoms with Gasteiger partial charge in [0.05, 0.1) is 12.0 Å². The minimum Gasteiger partial charge on any atom is -0.349 e. The molecule has 2 amide bonds. The van der Waals surface area contributed by atoms with Gasteiger partial charge in [-0.25, -0.2) is 0 Å². The quantitative estimate of drug-likeness (QED) is 0.757. The highest BCUT2D eigenvalue weighted by atomic mass is 16.2. The van der Waals surface area contributed by atoms with Gasteiger partial charge in [0.1, 0.15) is 0 Å². The number of hydrogen-bond donors (Lipinski definition) is 1. The standard InChI is InChI=1S/C13H23N3O2/c1-15(2)13(18)10-6-7-14-9-11(10)16-8-4-3-5-12(16)17/h10-11,14H,3-9H2,1-2H3. The Morgan fingerprint density at radius 2 is 2.17 bits per heavy atom. The Labute approximate surface area is 108 Å². The summed E-state index contributed by atoms with van der Waals surface area (Å²) in [6.07, 6.45) is 3.51. The molecule has 5 heteroatoms. The molecule has 0 aliphatic carbocycles. The molecule has 0 bridgehead atoms. The van der Waals surface area contributed by atoms with E-state index in [-0.39, 0.29) is 23.8 Å². The van der Waals surface area contributed by atoms with Gasteiger partial charge in [0.2, 0.25) is 11.8 Å². The van der Waals surface area contributed by atoms with Crippen LogP contribution in [-0.4, -0.2) is 61.4 Å². The molecule has 0 aromatic carbocycles. The van der Waals surface area contributed by atoms with Gasteiger partial charge in [-0.1, -0.05) is 0 Å². The third kappa shape index (κ3) is 2.66. The molecule has 2 fully saturated rings. The molecular formula is C13H23N3O2. The monoisotopic (exact) mass is 253 g/mol. The summed E-state index contributed by atoms with van der Waals surface area (Å²) in [6.45, 7) is 2.42. The lowest BCUT2D eigenvalue weighted by Crippen LogP contribution is -2.57. The molecule has 1 N–H and O–H groups in total. The molecule has 2 saturated heterocycles. The Morgan fingerprint density at radius 1 is 1.39 bits per heavy atom. The smallest absolute Gasteiger partial charge is 0.227 e. The van der Waals surface area contributed by atoms with E-state index in [4.69, 9.17) is 0 Å². The molecule has 102 valence electrons. The van der Waals surface area contributed by atoms with E-state index in [1.807, 2.05) is 4.90 Å². The molecule has 2 atom stereocenters. The van der Waals surface area contributed by atoms with Crippen molar-refractivity contribution in [2.75, 3.05) is 33.7 Å². The lowest BCUT2D eigenvalue weighted by molar-refractivity contribution is -0.143. The van der Waals surface area contributed by atoms with Crippen LogP contribution in [-0.2, 0) is 9.59 Å². The summed E-state index contributed by atoms with van der Waals surface area (Å²) in [5, 5.41) is 3.31. The van der Waals surface area contributed by atoms with E-state index in [9.17, 15) is 9.59 Å². The van der Waals surface area contributed by atoms with E-state index >= 15 is 0 Å². The summed E-state index contributed by atoms with van der Waals surface area (Å²) >= 11 is 0. The van der Waals surface area contributed by atoms with Crippen LogP contribution in [0.3, 0.4) is 0 Å². The number of carbonyl (C=O) groups excluding carboxylic acids is 2. The third-order valence-electron chi connectivity index (χ3n) is 3.97. The molecule has 2 unspecified atom stereocenters. The van der Waals surface area contributed by atoms with E-state index in [2.05, 4.69) is 5.32 Å². The van der Waals surface area contributed by atoms with Gasteiger partial charge < -0.3 is 15.1 Å². The van der Waals surface area contributed by atoms with E-state index in [1.54, 1.807) is 19.0 Å². The van der Waals surface area contributed by atoms with Gasteiger partial charge >= 0.3 is 0 Å². The summed E-state index contributed by atoms with van der Waals surface area (Å²) in [6, 6.07) is 0.0430. The summed E-state index contributed by atoms with van der Waals surface area (Å²) in [7, 11) is 3.58. The summed E-state index contributed by atoms with van der Waals surface area (Å²) in [5.74, 6) is 0.328. The molecule has 18 heavy (non-hydrogen) atoms. The number of nitrogens with one attached hydrogen (secondary N) is 1. The predicted octanol–water partition coefficient (Wildman–Crippen LogP) is 0.0652. The van der Waals surface area contributed by atoms with Crippen LogP contribution in [0.25, 0.3) is 0 Å². The zero-order chi connectivity index (χ0) is 13.1. The van der Waals surface area contributed by atoms with Crippen LogP contribution in [0, 0.1) is 5.92 Å². The highest BCUT2D eigenvalue weighted by Crippen LogP contribution is 2.24. The number of likely N-dealkylation sites (tertiary alicyclic amines) is 1. The number of rotatable bonds is 2. The van der Waals surface area contributed by atoms with Crippen molar-refractivity contribution in [3.05, 3.63) is 0 Å². The van der Waals surface area contributed by atoms with Crippen molar-refractivity contribution >= 4 is 11.8 Å². The van der Waals surface area contributed by atoms with E-state index in [0.717, 1.165) is 38.9 Å². The Balaban J connectivity index is 2.11. The number of amides is 2. The molecule has 0 radical (unpaired) electrons. The number of piperidine rings is 2. The fourth-order valence-corrected chi connectivity index (χ4v) is 2.97. The summed E-state index contributed by atoms with van der Waals surface area (Å²) in [4.78, 5) is 27.8. The molecule has 5 nitrogen and oxygen atoms in total. The van der Waals surface area contributed by atoms with Gasteiger partial charge in [-0.15, -0.1) is 0 Å². The normalized spacial score (nSPS) is 29.2. The largest absolute Gasteiger partial charge is 0.349 e. The first-order chi connectivity index (χ1) is 8.61. The topological polar surface area (TPSA) is 52.7 Å². The first-order valence-corrected chi connectivity index (χ1v) is 6.82. The Morgan fingerprint density at radius 3 is 2.83 bits per heavy atom. The van der Waals surface area contributed by atoms with E-state index in [0.29, 0.717) is 6.42 Å². The average molecular weight is 253 g/mol. The highest BCUT2D eigenvalue weighted by molar-refractivity contribution is 5.82. The Hall–Kier alpha value is -1.10. The van der Waals surface area contributed by atoms with Crippen LogP contribution < -0.4 is 5.32 Å². The zero-order valence-electron chi connectivity index (χ0n) is 11.3. The zero-order valence-corrected chi connectivity index (χ0v) is 11.3. The predicted molar refractivity (Wildman–Crippen MR) is 69.0 cm³/mol. The molecule has 2 aliphatic heterocycles. The van der Waals surface area contributed by atoms with Gasteiger partial charge in [0.15, 0.2) is 0 Å². The van der Waals surface area contributed by atoms with Gasteiger partial charge in [-0.05, 0) is 25.8 Å². The van der Waals surface area contributed by atoms with Crippen LogP contribution in [0.4, 0.5) is 0 Å². The highest BCUT2D eigenvalue weighted by Gasteiger charge is 2.38. The van der Waals surface area contributed by atoms with Crippen molar-refractivity contribution in [2.24, 2.45) is 5.92 Å². The lowest BCUT2D eigenvalue weighted by atomic mass is 9.89. The van der Waals surface area contributed by atoms with Crippen LogP contribution in [0.1, 0.15) is 25.7 Å².